The van der Waals surface area contributed by atoms with Crippen LogP contribution in [0.25, 0.3) is 0 Å². The quantitative estimate of drug-likeness (QED) is 0.541. The van der Waals surface area contributed by atoms with Gasteiger partial charge in [-0.2, -0.15) is 21.6 Å². The van der Waals surface area contributed by atoms with Crippen LogP contribution in [0, 0.1) is 6.92 Å². The van der Waals surface area contributed by atoms with Gasteiger partial charge in [-0.05, 0) is 42.8 Å². The molecule has 0 fully saturated rings. The molecule has 1 amide bonds. The number of ketones is 1. The van der Waals surface area contributed by atoms with Gasteiger partial charge < -0.3 is 5.32 Å². The van der Waals surface area contributed by atoms with E-state index in [2.05, 4.69) is 5.32 Å². The van der Waals surface area contributed by atoms with Crippen LogP contribution >= 0.6 is 0 Å². The van der Waals surface area contributed by atoms with Gasteiger partial charge in [-0.25, -0.2) is 0 Å². The van der Waals surface area contributed by atoms with Crippen molar-refractivity contribution in [2.45, 2.75) is 19.5 Å². The summed E-state index contributed by atoms with van der Waals surface area (Å²) in [6.45, 7) is 1.86. The van der Waals surface area contributed by atoms with E-state index in [9.17, 15) is 22.8 Å². The summed E-state index contributed by atoms with van der Waals surface area (Å²) in [5.74, 6) is -0.752. The lowest BCUT2D eigenvalue weighted by atomic mass is 9.99. The maximum absolute atomic E-state index is 12.9. The van der Waals surface area contributed by atoms with Gasteiger partial charge >= 0.3 is 17.7 Å². The minimum absolute atomic E-state index is 0.207. The number of para-hydroxylation sites is 1. The summed E-state index contributed by atoms with van der Waals surface area (Å²) in [4.78, 5) is 25.2. The highest BCUT2D eigenvalue weighted by molar-refractivity contribution is 7.51. The van der Waals surface area contributed by atoms with Crippen LogP contribution in [0.2, 0.25) is 0 Å². The Morgan fingerprint density at radius 2 is 1.56 bits per heavy atom. The first-order valence-corrected chi connectivity index (χ1v) is 9.90. The third-order valence-corrected chi connectivity index (χ3v) is 4.37. The highest BCUT2D eigenvalue weighted by atomic mass is 32.1. The fourth-order valence-electron chi connectivity index (χ4n) is 2.95. The van der Waals surface area contributed by atoms with Crippen LogP contribution in [0.5, 0.6) is 0 Å². The topological polar surface area (TPSA) is 80.3 Å². The van der Waals surface area contributed by atoms with Crippen molar-refractivity contribution in [1.29, 1.82) is 0 Å². The molecule has 166 valence electrons. The second-order valence-electron chi connectivity index (χ2n) is 6.74. The van der Waals surface area contributed by atoms with Crippen molar-refractivity contribution in [2.75, 3.05) is 5.32 Å². The zero-order chi connectivity index (χ0) is 23.7. The molecule has 0 aliphatic rings. The second-order valence-corrected chi connectivity index (χ2v) is 6.87. The van der Waals surface area contributed by atoms with Crippen molar-refractivity contribution in [1.82, 2.24) is 0 Å². The number of Topliss-reactive ketones (excluding diaryl/α,β-unsaturated/α-hetero) is 1. The Morgan fingerprint density at radius 1 is 0.906 bits per heavy atom. The predicted molar refractivity (Wildman–Crippen MR) is 114 cm³/mol. The van der Waals surface area contributed by atoms with E-state index in [4.69, 9.17) is 8.42 Å². The molecule has 0 heterocycles. The number of amides is 1. The molecular weight excluding hydrogens is 443 g/mol. The van der Waals surface area contributed by atoms with Gasteiger partial charge in [0, 0.05) is 17.5 Å². The zero-order valence-electron chi connectivity index (χ0n) is 16.8. The lowest BCUT2D eigenvalue weighted by Gasteiger charge is -2.12. The number of benzene rings is 3. The Hall–Kier alpha value is -3.59. The smallest absolute Gasteiger partial charge is 0.321 e. The molecule has 9 heteroatoms. The molecule has 0 aliphatic heterocycles. The van der Waals surface area contributed by atoms with E-state index in [-0.39, 0.29) is 29.2 Å². The number of hydrogen-bond donors (Lipinski definition) is 1. The normalized spacial score (nSPS) is 10.5. The van der Waals surface area contributed by atoms with Crippen molar-refractivity contribution < 1.29 is 31.2 Å². The standard InChI is InChI=1S/C23H18F3NO2.O2S/c1-15-6-4-8-17(12-15)22(29)27-20-11-3-2-10-19(20)21(28)14-16-7-5-9-18(13-16)23(24,25)26;1-3-2/h2-13H,14H2,1H3,(H,27,29);. The molecule has 3 aromatic rings. The molecule has 0 aromatic heterocycles. The average Bonchev–Trinajstić information content (AvgIpc) is 2.74. The molecule has 5 nitrogen and oxygen atoms in total. The van der Waals surface area contributed by atoms with Crippen LogP contribution in [0.15, 0.2) is 72.8 Å². The molecule has 3 rings (SSSR count). The van der Waals surface area contributed by atoms with Crippen LogP contribution in [0.3, 0.4) is 0 Å². The minimum atomic E-state index is -4.47. The van der Waals surface area contributed by atoms with E-state index in [1.807, 2.05) is 13.0 Å². The Bertz CT molecular complexity index is 1160. The first kappa shape index (κ1) is 24.7. The monoisotopic (exact) mass is 461 g/mol. The van der Waals surface area contributed by atoms with E-state index < -0.39 is 23.3 Å². The summed E-state index contributed by atoms with van der Waals surface area (Å²) in [7, 11) is 0. The molecule has 0 unspecified atom stereocenters. The number of aryl methyl sites for hydroxylation is 1. The summed E-state index contributed by atoms with van der Waals surface area (Å²) >= 11 is -0.750. The van der Waals surface area contributed by atoms with Crippen molar-refractivity contribution in [3.05, 3.63) is 101 Å². The molecule has 0 saturated carbocycles. The molecule has 0 aliphatic carbocycles. The maximum atomic E-state index is 12.9. The summed E-state index contributed by atoms with van der Waals surface area (Å²) in [6, 6.07) is 18.1. The van der Waals surface area contributed by atoms with Crippen LogP contribution in [-0.4, -0.2) is 20.1 Å². The Labute approximate surface area is 185 Å². The van der Waals surface area contributed by atoms with Crippen molar-refractivity contribution >= 4 is 28.9 Å². The highest BCUT2D eigenvalue weighted by Crippen LogP contribution is 2.30. The number of carbonyl (C=O) groups is 2. The Morgan fingerprint density at radius 3 is 2.22 bits per heavy atom. The molecule has 0 spiro atoms. The first-order valence-electron chi connectivity index (χ1n) is 9.24. The van der Waals surface area contributed by atoms with E-state index in [0.717, 1.165) is 17.7 Å². The van der Waals surface area contributed by atoms with Crippen molar-refractivity contribution in [2.24, 2.45) is 0 Å². The van der Waals surface area contributed by atoms with E-state index >= 15 is 0 Å². The minimum Gasteiger partial charge on any atom is -0.321 e. The van der Waals surface area contributed by atoms with Gasteiger partial charge in [-0.1, -0.05) is 48.0 Å². The highest BCUT2D eigenvalue weighted by Gasteiger charge is 2.30. The number of nitrogens with one attached hydrogen (secondary N) is 1. The van der Waals surface area contributed by atoms with Gasteiger partial charge in [0.05, 0.1) is 11.3 Å². The largest absolute Gasteiger partial charge is 0.416 e. The second kappa shape index (κ2) is 11.1. The summed E-state index contributed by atoms with van der Waals surface area (Å²) in [6.07, 6.45) is -4.68. The molecular formula is C23H18F3NO4S. The van der Waals surface area contributed by atoms with Gasteiger partial charge in [0.1, 0.15) is 0 Å². The Balaban J connectivity index is 0.00000114. The van der Waals surface area contributed by atoms with Gasteiger partial charge in [-0.15, -0.1) is 0 Å². The van der Waals surface area contributed by atoms with Crippen molar-refractivity contribution in [3.63, 3.8) is 0 Å². The van der Waals surface area contributed by atoms with E-state index in [1.165, 1.54) is 12.1 Å². The maximum Gasteiger partial charge on any atom is 0.416 e. The molecule has 3 aromatic carbocycles. The Kier molecular flexibility index (Phi) is 8.60. The zero-order valence-corrected chi connectivity index (χ0v) is 17.6. The summed E-state index contributed by atoms with van der Waals surface area (Å²) < 4.78 is 55.3. The molecule has 1 N–H and O–H groups in total. The lowest BCUT2D eigenvalue weighted by Crippen LogP contribution is -2.16. The number of hydrogen-bond acceptors (Lipinski definition) is 4. The molecule has 0 atom stereocenters. The lowest BCUT2D eigenvalue weighted by molar-refractivity contribution is -0.137. The molecule has 0 saturated heterocycles. The first-order chi connectivity index (χ1) is 15.2. The summed E-state index contributed by atoms with van der Waals surface area (Å²) in [5.41, 5.74) is 1.38. The van der Waals surface area contributed by atoms with E-state index in [0.29, 0.717) is 11.3 Å². The molecule has 0 radical (unpaired) electrons. The van der Waals surface area contributed by atoms with E-state index in [1.54, 1.807) is 42.5 Å². The molecule has 32 heavy (non-hydrogen) atoms. The number of carbonyl (C=O) groups excluding carboxylic acids is 2. The van der Waals surface area contributed by atoms with Gasteiger partial charge in [0.25, 0.3) is 5.91 Å². The van der Waals surface area contributed by atoms with Gasteiger partial charge in [0.15, 0.2) is 5.78 Å². The predicted octanol–water partition coefficient (Wildman–Crippen LogP) is 5.02. The fraction of sp³-hybridized carbons (Fsp3) is 0.130. The van der Waals surface area contributed by atoms with Crippen LogP contribution in [-0.2, 0) is 24.2 Å². The average molecular weight is 461 g/mol. The van der Waals surface area contributed by atoms with Crippen LogP contribution in [0.1, 0.15) is 37.4 Å². The number of rotatable bonds is 5. The third kappa shape index (κ3) is 6.98. The third-order valence-electron chi connectivity index (χ3n) is 4.37. The number of alkyl halides is 3. The van der Waals surface area contributed by atoms with Gasteiger partial charge in [0.2, 0.25) is 0 Å². The molecule has 0 bridgehead atoms. The van der Waals surface area contributed by atoms with Crippen LogP contribution < -0.4 is 5.32 Å². The SMILES string of the molecule is Cc1cccc(C(=O)Nc2ccccc2C(=O)Cc2cccc(C(F)(F)F)c2)c1.O=S=O. The number of anilines is 1. The summed E-state index contributed by atoms with van der Waals surface area (Å²) in [5, 5.41) is 2.72. The fourth-order valence-corrected chi connectivity index (χ4v) is 2.95. The number of halogens is 3. The van der Waals surface area contributed by atoms with Crippen LogP contribution in [0.4, 0.5) is 18.9 Å². The van der Waals surface area contributed by atoms with Gasteiger partial charge in [-0.3, -0.25) is 9.59 Å². The van der Waals surface area contributed by atoms with Crippen molar-refractivity contribution in [3.8, 4) is 0 Å².